The van der Waals surface area contributed by atoms with E-state index in [1.165, 1.54) is 0 Å². The van der Waals surface area contributed by atoms with Gasteiger partial charge in [0.15, 0.2) is 0 Å². The molecule has 4 heterocycles. The Labute approximate surface area is 135 Å². The van der Waals surface area contributed by atoms with E-state index < -0.39 is 0 Å². The van der Waals surface area contributed by atoms with Crippen molar-refractivity contribution in [3.05, 3.63) is 59.8 Å². The Morgan fingerprint density at radius 1 is 0.682 bits per heavy atom. The molecule has 0 aliphatic rings. The summed E-state index contributed by atoms with van der Waals surface area (Å²) in [7, 11) is 0. The number of rotatable bonds is 3. The smallest absolute Gasteiger partial charge is 0.141 e. The van der Waals surface area contributed by atoms with E-state index in [1.54, 1.807) is 47.5 Å². The van der Waals surface area contributed by atoms with Crippen LogP contribution in [0.4, 0.5) is 0 Å². The highest BCUT2D eigenvalue weighted by atomic mass is 32.1. The molecule has 0 bridgehead atoms. The molecule has 0 aliphatic carbocycles. The van der Waals surface area contributed by atoms with Gasteiger partial charge in [0.25, 0.3) is 0 Å². The predicted molar refractivity (Wildman–Crippen MR) is 89.7 cm³/mol. The second kappa shape index (κ2) is 5.75. The second-order valence-corrected chi connectivity index (χ2v) is 6.33. The average molecular weight is 322 g/mol. The van der Waals surface area contributed by atoms with E-state index in [2.05, 4.69) is 27.1 Å². The van der Waals surface area contributed by atoms with E-state index >= 15 is 0 Å². The summed E-state index contributed by atoms with van der Waals surface area (Å²) in [4.78, 5) is 17.5. The molecule has 0 atom stereocenters. The molecule has 0 radical (unpaired) electrons. The van der Waals surface area contributed by atoms with Gasteiger partial charge in [-0.2, -0.15) is 0 Å². The summed E-state index contributed by atoms with van der Waals surface area (Å²) in [5, 5.41) is 5.74. The molecule has 0 N–H and O–H groups in total. The van der Waals surface area contributed by atoms with E-state index in [9.17, 15) is 0 Å². The molecule has 0 spiro atoms. The monoisotopic (exact) mass is 322 g/mol. The van der Waals surface area contributed by atoms with Crippen LogP contribution >= 0.6 is 22.7 Å². The summed E-state index contributed by atoms with van der Waals surface area (Å²) in [6.07, 6.45) is 7.18. The minimum atomic E-state index is 0.870. The first-order valence-electron chi connectivity index (χ1n) is 6.62. The summed E-state index contributed by atoms with van der Waals surface area (Å²) >= 11 is 3.17. The second-order valence-electron chi connectivity index (χ2n) is 4.54. The van der Waals surface area contributed by atoms with Gasteiger partial charge in [-0.05, 0) is 35.4 Å². The van der Waals surface area contributed by atoms with Crippen molar-refractivity contribution in [3.63, 3.8) is 0 Å². The third-order valence-corrected chi connectivity index (χ3v) is 4.73. The molecule has 4 nitrogen and oxygen atoms in total. The first-order chi connectivity index (χ1) is 10.9. The van der Waals surface area contributed by atoms with Gasteiger partial charge in [0.2, 0.25) is 0 Å². The molecule has 4 aromatic rings. The lowest BCUT2D eigenvalue weighted by Crippen LogP contribution is -1.90. The number of pyridine rings is 2. The Morgan fingerprint density at radius 2 is 1.27 bits per heavy atom. The summed E-state index contributed by atoms with van der Waals surface area (Å²) in [6.45, 7) is 0. The van der Waals surface area contributed by atoms with Crippen LogP contribution in [0.2, 0.25) is 0 Å². The maximum atomic E-state index is 4.72. The number of thiazole rings is 2. The molecule has 22 heavy (non-hydrogen) atoms. The molecular formula is C16H10N4S2. The topological polar surface area (TPSA) is 51.6 Å². The SMILES string of the molecule is c1cc(-c2cc(-c3nccs3)nc(-c3nccs3)c2)ccn1. The van der Waals surface area contributed by atoms with Crippen molar-refractivity contribution in [3.8, 4) is 32.5 Å². The average Bonchev–Trinajstić information content (AvgIpc) is 3.29. The van der Waals surface area contributed by atoms with Crippen LogP contribution in [0, 0.1) is 0 Å². The molecule has 106 valence electrons. The molecule has 0 aliphatic heterocycles. The number of aromatic nitrogens is 4. The van der Waals surface area contributed by atoms with Gasteiger partial charge < -0.3 is 0 Å². The quantitative estimate of drug-likeness (QED) is 0.561. The van der Waals surface area contributed by atoms with Gasteiger partial charge in [0.1, 0.15) is 21.4 Å². The molecule has 0 amide bonds. The fourth-order valence-electron chi connectivity index (χ4n) is 2.16. The van der Waals surface area contributed by atoms with Gasteiger partial charge in [0, 0.05) is 35.5 Å². The molecule has 0 fully saturated rings. The van der Waals surface area contributed by atoms with Crippen LogP contribution in [0.5, 0.6) is 0 Å². The lowest BCUT2D eigenvalue weighted by Gasteiger charge is -2.06. The van der Waals surface area contributed by atoms with Crippen LogP contribution < -0.4 is 0 Å². The lowest BCUT2D eigenvalue weighted by molar-refractivity contribution is 1.27. The Bertz CT molecular complexity index is 819. The van der Waals surface area contributed by atoms with Crippen molar-refractivity contribution in [2.45, 2.75) is 0 Å². The predicted octanol–water partition coefficient (Wildman–Crippen LogP) is 4.39. The van der Waals surface area contributed by atoms with Crippen LogP contribution in [0.3, 0.4) is 0 Å². The van der Waals surface area contributed by atoms with Crippen LogP contribution in [-0.2, 0) is 0 Å². The van der Waals surface area contributed by atoms with E-state index in [1.807, 2.05) is 22.9 Å². The third-order valence-electron chi connectivity index (χ3n) is 3.14. The molecular weight excluding hydrogens is 312 g/mol. The normalized spacial score (nSPS) is 10.7. The van der Waals surface area contributed by atoms with Gasteiger partial charge in [0.05, 0.1) is 0 Å². The number of nitrogens with zero attached hydrogens (tertiary/aromatic N) is 4. The molecule has 0 saturated heterocycles. The van der Waals surface area contributed by atoms with Gasteiger partial charge in [-0.3, -0.25) is 4.98 Å². The lowest BCUT2D eigenvalue weighted by atomic mass is 10.1. The Kier molecular flexibility index (Phi) is 3.46. The van der Waals surface area contributed by atoms with Gasteiger partial charge in [-0.1, -0.05) is 0 Å². The molecule has 0 saturated carbocycles. The van der Waals surface area contributed by atoms with Crippen molar-refractivity contribution in [2.75, 3.05) is 0 Å². The Hall–Kier alpha value is -2.44. The van der Waals surface area contributed by atoms with Crippen molar-refractivity contribution >= 4 is 22.7 Å². The zero-order valence-corrected chi connectivity index (χ0v) is 13.0. The highest BCUT2D eigenvalue weighted by Gasteiger charge is 2.11. The van der Waals surface area contributed by atoms with Gasteiger partial charge >= 0.3 is 0 Å². The van der Waals surface area contributed by atoms with Crippen molar-refractivity contribution in [2.24, 2.45) is 0 Å². The maximum absolute atomic E-state index is 4.72. The van der Waals surface area contributed by atoms with Crippen LogP contribution in [-0.4, -0.2) is 19.9 Å². The van der Waals surface area contributed by atoms with Crippen molar-refractivity contribution in [1.29, 1.82) is 0 Å². The highest BCUT2D eigenvalue weighted by molar-refractivity contribution is 7.13. The summed E-state index contributed by atoms with van der Waals surface area (Å²) in [5.74, 6) is 0. The van der Waals surface area contributed by atoms with Crippen LogP contribution in [0.1, 0.15) is 0 Å². The zero-order chi connectivity index (χ0) is 14.8. The van der Waals surface area contributed by atoms with E-state index in [-0.39, 0.29) is 0 Å². The molecule has 0 aromatic carbocycles. The summed E-state index contributed by atoms with van der Waals surface area (Å²) in [6, 6.07) is 8.11. The standard InChI is InChI=1S/C16H10N4S2/c1-3-17-4-2-11(1)12-9-13(15-18-5-7-21-15)20-14(10-12)16-19-6-8-22-16/h1-10H. The Balaban J connectivity index is 1.91. The fourth-order valence-corrected chi connectivity index (χ4v) is 3.36. The summed E-state index contributed by atoms with van der Waals surface area (Å²) in [5.41, 5.74) is 3.94. The van der Waals surface area contributed by atoms with Crippen molar-refractivity contribution in [1.82, 2.24) is 19.9 Å². The van der Waals surface area contributed by atoms with Crippen LogP contribution in [0.25, 0.3) is 32.5 Å². The highest BCUT2D eigenvalue weighted by Crippen LogP contribution is 2.31. The van der Waals surface area contributed by atoms with Crippen molar-refractivity contribution < 1.29 is 0 Å². The zero-order valence-electron chi connectivity index (χ0n) is 11.4. The molecule has 4 aromatic heterocycles. The van der Waals surface area contributed by atoms with Crippen LogP contribution in [0.15, 0.2) is 59.8 Å². The first kappa shape index (κ1) is 13.2. The fraction of sp³-hybridized carbons (Fsp3) is 0. The maximum Gasteiger partial charge on any atom is 0.141 e. The van der Waals surface area contributed by atoms with E-state index in [0.717, 1.165) is 32.5 Å². The Morgan fingerprint density at radius 3 is 1.77 bits per heavy atom. The largest absolute Gasteiger partial charge is 0.265 e. The van der Waals surface area contributed by atoms with Gasteiger partial charge in [-0.15, -0.1) is 22.7 Å². The van der Waals surface area contributed by atoms with E-state index in [4.69, 9.17) is 4.98 Å². The molecule has 4 rings (SSSR count). The molecule has 6 heteroatoms. The number of hydrogen-bond donors (Lipinski definition) is 0. The summed E-state index contributed by atoms with van der Waals surface area (Å²) < 4.78 is 0. The minimum absolute atomic E-state index is 0.870. The van der Waals surface area contributed by atoms with Gasteiger partial charge in [-0.25, -0.2) is 15.0 Å². The number of hydrogen-bond acceptors (Lipinski definition) is 6. The van der Waals surface area contributed by atoms with E-state index in [0.29, 0.717) is 0 Å². The minimum Gasteiger partial charge on any atom is -0.265 e. The third kappa shape index (κ3) is 2.54. The first-order valence-corrected chi connectivity index (χ1v) is 8.38. The molecule has 0 unspecified atom stereocenters.